The molecule has 1 saturated heterocycles. The predicted octanol–water partition coefficient (Wildman–Crippen LogP) is 3.39. The number of aromatic amines is 1. The fourth-order valence-electron chi connectivity index (χ4n) is 3.14. The molecule has 1 aromatic heterocycles. The second-order valence-corrected chi connectivity index (χ2v) is 6.41. The molecule has 0 spiro atoms. The van der Waals surface area contributed by atoms with E-state index in [0.29, 0.717) is 37.6 Å². The lowest BCUT2D eigenvalue weighted by molar-refractivity contribution is -0.143. The van der Waals surface area contributed by atoms with Crippen LogP contribution in [0, 0.1) is 5.92 Å². The van der Waals surface area contributed by atoms with Gasteiger partial charge in [-0.05, 0) is 31.2 Å². The minimum atomic E-state index is -4.16. The number of hydrogen-bond donors (Lipinski definition) is 2. The van der Waals surface area contributed by atoms with Crippen molar-refractivity contribution < 1.29 is 22.7 Å². The Balaban J connectivity index is 1.59. The first kappa shape index (κ1) is 17.6. The van der Waals surface area contributed by atoms with Gasteiger partial charge in [-0.15, -0.1) is 0 Å². The second kappa shape index (κ2) is 6.95. The topological polar surface area (TPSA) is 57.4 Å². The SMILES string of the molecule is CC(=O)Nc1c[nH]c2ccc(OC[C@H]3CCN(CC(F)(F)F)C3)cc12. The van der Waals surface area contributed by atoms with Crippen LogP contribution in [0.15, 0.2) is 24.4 Å². The van der Waals surface area contributed by atoms with Gasteiger partial charge in [0, 0.05) is 36.5 Å². The van der Waals surface area contributed by atoms with Gasteiger partial charge in [-0.25, -0.2) is 0 Å². The van der Waals surface area contributed by atoms with Crippen molar-refractivity contribution in [1.82, 2.24) is 9.88 Å². The van der Waals surface area contributed by atoms with Crippen LogP contribution >= 0.6 is 0 Å². The summed E-state index contributed by atoms with van der Waals surface area (Å²) in [5.41, 5.74) is 1.54. The second-order valence-electron chi connectivity index (χ2n) is 6.41. The monoisotopic (exact) mass is 355 g/mol. The molecule has 1 fully saturated rings. The normalized spacial score (nSPS) is 18.6. The van der Waals surface area contributed by atoms with Gasteiger partial charge in [0.2, 0.25) is 5.91 Å². The fraction of sp³-hybridized carbons (Fsp3) is 0.471. The number of likely N-dealkylation sites (tertiary alicyclic amines) is 1. The number of fused-ring (bicyclic) bond motifs is 1. The van der Waals surface area contributed by atoms with Crippen molar-refractivity contribution >= 4 is 22.5 Å². The standard InChI is InChI=1S/C17H20F3N3O2/c1-11(24)22-16-7-21-15-3-2-13(6-14(15)16)25-9-12-4-5-23(8-12)10-17(18,19)20/h2-3,6-7,12,21H,4-5,8-10H2,1H3,(H,22,24)/t12-/m0/s1. The maximum atomic E-state index is 12.4. The summed E-state index contributed by atoms with van der Waals surface area (Å²) in [6, 6.07) is 5.47. The lowest BCUT2D eigenvalue weighted by Crippen LogP contribution is -2.32. The summed E-state index contributed by atoms with van der Waals surface area (Å²) in [4.78, 5) is 15.7. The number of nitrogens with zero attached hydrogens (tertiary/aromatic N) is 1. The number of carbonyl (C=O) groups excluding carboxylic acids is 1. The van der Waals surface area contributed by atoms with Gasteiger partial charge in [-0.3, -0.25) is 9.69 Å². The van der Waals surface area contributed by atoms with Crippen molar-refractivity contribution in [2.45, 2.75) is 19.5 Å². The molecule has 0 unspecified atom stereocenters. The molecule has 136 valence electrons. The Morgan fingerprint density at radius 1 is 1.44 bits per heavy atom. The van der Waals surface area contributed by atoms with E-state index in [4.69, 9.17) is 4.74 Å². The molecule has 25 heavy (non-hydrogen) atoms. The first-order valence-electron chi connectivity index (χ1n) is 8.11. The van der Waals surface area contributed by atoms with Crippen molar-refractivity contribution in [1.29, 1.82) is 0 Å². The number of benzene rings is 1. The molecular formula is C17H20F3N3O2. The molecule has 1 amide bonds. The summed E-state index contributed by atoms with van der Waals surface area (Å²) in [7, 11) is 0. The van der Waals surface area contributed by atoms with Gasteiger partial charge in [-0.1, -0.05) is 0 Å². The fourth-order valence-corrected chi connectivity index (χ4v) is 3.14. The molecule has 2 heterocycles. The quantitative estimate of drug-likeness (QED) is 0.864. The Morgan fingerprint density at radius 2 is 2.24 bits per heavy atom. The minimum Gasteiger partial charge on any atom is -0.493 e. The van der Waals surface area contributed by atoms with Crippen LogP contribution in [-0.2, 0) is 4.79 Å². The van der Waals surface area contributed by atoms with Gasteiger partial charge in [0.25, 0.3) is 0 Å². The molecule has 1 aromatic carbocycles. The van der Waals surface area contributed by atoms with Crippen molar-refractivity contribution in [3.05, 3.63) is 24.4 Å². The van der Waals surface area contributed by atoms with Crippen LogP contribution in [0.3, 0.4) is 0 Å². The highest BCUT2D eigenvalue weighted by atomic mass is 19.4. The third kappa shape index (κ3) is 4.66. The molecule has 1 atom stereocenters. The molecule has 2 N–H and O–H groups in total. The van der Waals surface area contributed by atoms with Gasteiger partial charge in [0.05, 0.1) is 18.8 Å². The van der Waals surface area contributed by atoms with Crippen LogP contribution in [0.25, 0.3) is 10.9 Å². The maximum absolute atomic E-state index is 12.4. The highest BCUT2D eigenvalue weighted by molar-refractivity contribution is 6.01. The smallest absolute Gasteiger partial charge is 0.401 e. The number of amides is 1. The Morgan fingerprint density at radius 3 is 2.96 bits per heavy atom. The van der Waals surface area contributed by atoms with E-state index in [-0.39, 0.29) is 11.8 Å². The Hall–Kier alpha value is -2.22. The zero-order valence-corrected chi connectivity index (χ0v) is 13.8. The molecule has 0 radical (unpaired) electrons. The van der Waals surface area contributed by atoms with Crippen molar-refractivity contribution in [2.24, 2.45) is 5.92 Å². The highest BCUT2D eigenvalue weighted by Gasteiger charge is 2.34. The molecule has 1 aliphatic rings. The van der Waals surface area contributed by atoms with Crippen LogP contribution in [0.5, 0.6) is 5.75 Å². The molecule has 0 saturated carbocycles. The van der Waals surface area contributed by atoms with Crippen molar-refractivity contribution in [3.63, 3.8) is 0 Å². The van der Waals surface area contributed by atoms with E-state index in [1.54, 1.807) is 12.3 Å². The van der Waals surface area contributed by atoms with Crippen LogP contribution < -0.4 is 10.1 Å². The Bertz CT molecular complexity index is 757. The summed E-state index contributed by atoms with van der Waals surface area (Å²) in [6.07, 6.45) is -1.75. The number of alkyl halides is 3. The number of rotatable bonds is 5. The molecule has 3 rings (SSSR count). The summed E-state index contributed by atoms with van der Waals surface area (Å²) >= 11 is 0. The van der Waals surface area contributed by atoms with E-state index in [1.165, 1.54) is 11.8 Å². The highest BCUT2D eigenvalue weighted by Crippen LogP contribution is 2.28. The molecule has 1 aliphatic heterocycles. The van der Waals surface area contributed by atoms with Gasteiger partial charge in [0.1, 0.15) is 5.75 Å². The van der Waals surface area contributed by atoms with Gasteiger partial charge in [-0.2, -0.15) is 13.2 Å². The number of aromatic nitrogens is 1. The molecule has 2 aromatic rings. The van der Waals surface area contributed by atoms with Gasteiger partial charge < -0.3 is 15.0 Å². The number of ether oxygens (including phenoxy) is 1. The van der Waals surface area contributed by atoms with Crippen LogP contribution in [0.4, 0.5) is 18.9 Å². The molecule has 0 bridgehead atoms. The third-order valence-electron chi connectivity index (χ3n) is 4.22. The largest absolute Gasteiger partial charge is 0.493 e. The Labute approximate surface area is 143 Å². The predicted molar refractivity (Wildman–Crippen MR) is 88.7 cm³/mol. The summed E-state index contributed by atoms with van der Waals surface area (Å²) in [5, 5.41) is 3.57. The number of hydrogen-bond acceptors (Lipinski definition) is 3. The maximum Gasteiger partial charge on any atom is 0.401 e. The lowest BCUT2D eigenvalue weighted by Gasteiger charge is -2.18. The number of carbonyl (C=O) groups is 1. The van der Waals surface area contributed by atoms with E-state index < -0.39 is 12.7 Å². The van der Waals surface area contributed by atoms with Crippen LogP contribution in [-0.4, -0.2) is 48.2 Å². The van der Waals surface area contributed by atoms with E-state index in [0.717, 1.165) is 10.9 Å². The zero-order chi connectivity index (χ0) is 18.0. The van der Waals surface area contributed by atoms with E-state index in [1.807, 2.05) is 12.1 Å². The average Bonchev–Trinajstić information content (AvgIpc) is 3.10. The average molecular weight is 355 g/mol. The number of nitrogens with one attached hydrogen (secondary N) is 2. The summed E-state index contributed by atoms with van der Waals surface area (Å²) in [6.45, 7) is 1.78. The van der Waals surface area contributed by atoms with E-state index >= 15 is 0 Å². The van der Waals surface area contributed by atoms with Crippen LogP contribution in [0.1, 0.15) is 13.3 Å². The first-order valence-corrected chi connectivity index (χ1v) is 8.11. The van der Waals surface area contributed by atoms with Crippen LogP contribution in [0.2, 0.25) is 0 Å². The summed E-state index contributed by atoms with van der Waals surface area (Å²) < 4.78 is 43.0. The molecule has 8 heteroatoms. The number of H-pyrrole nitrogens is 1. The van der Waals surface area contributed by atoms with Gasteiger partial charge >= 0.3 is 6.18 Å². The van der Waals surface area contributed by atoms with Crippen molar-refractivity contribution in [3.8, 4) is 5.75 Å². The Kier molecular flexibility index (Phi) is 4.89. The zero-order valence-electron chi connectivity index (χ0n) is 13.8. The molecule has 5 nitrogen and oxygen atoms in total. The van der Waals surface area contributed by atoms with Crippen molar-refractivity contribution in [2.75, 3.05) is 31.6 Å². The number of halogens is 3. The lowest BCUT2D eigenvalue weighted by atomic mass is 10.1. The van der Waals surface area contributed by atoms with E-state index in [2.05, 4.69) is 10.3 Å². The number of anilines is 1. The van der Waals surface area contributed by atoms with Gasteiger partial charge in [0.15, 0.2) is 0 Å². The molecular weight excluding hydrogens is 335 g/mol. The molecule has 0 aliphatic carbocycles. The first-order chi connectivity index (χ1) is 11.8. The minimum absolute atomic E-state index is 0.0825. The summed E-state index contributed by atoms with van der Waals surface area (Å²) in [5.74, 6) is 0.551. The van der Waals surface area contributed by atoms with E-state index in [9.17, 15) is 18.0 Å². The third-order valence-corrected chi connectivity index (χ3v) is 4.22.